The predicted octanol–water partition coefficient (Wildman–Crippen LogP) is 9.50. The van der Waals surface area contributed by atoms with Crippen LogP contribution in [0.4, 0.5) is 0 Å². The molecule has 14 heteroatoms. The second kappa shape index (κ2) is 38.5. The SMILES string of the molecule is CCCCC/C=C/C/C=C/C/C=C/CCCCCCC(=O)OC[C@@H](COP(=O)(O)OC1C(O)C(O)C(O)[C@H](O)C1O)OC(=O)CCC/C=C/C/C=C/C/C=C/CCCCCCCC. The van der Waals surface area contributed by atoms with Gasteiger partial charge in [0.2, 0.25) is 0 Å². The number of allylic oxidation sites excluding steroid dienone is 12. The summed E-state index contributed by atoms with van der Waals surface area (Å²) in [5, 5.41) is 50.2. The monoisotopic (exact) mass is 911 g/mol. The van der Waals surface area contributed by atoms with E-state index in [1.54, 1.807) is 0 Å². The Balaban J connectivity index is 2.51. The van der Waals surface area contributed by atoms with E-state index >= 15 is 0 Å². The van der Waals surface area contributed by atoms with Crippen molar-refractivity contribution in [2.24, 2.45) is 0 Å². The summed E-state index contributed by atoms with van der Waals surface area (Å²) < 4.78 is 33.5. The van der Waals surface area contributed by atoms with E-state index in [-0.39, 0.29) is 12.8 Å². The maximum absolute atomic E-state index is 12.8. The van der Waals surface area contributed by atoms with E-state index in [1.807, 2.05) is 12.2 Å². The van der Waals surface area contributed by atoms with Crippen molar-refractivity contribution in [3.8, 4) is 0 Å². The highest BCUT2D eigenvalue weighted by molar-refractivity contribution is 7.47. The Morgan fingerprint density at radius 1 is 0.492 bits per heavy atom. The van der Waals surface area contributed by atoms with E-state index in [9.17, 15) is 44.6 Å². The Kier molecular flexibility index (Phi) is 35.7. The zero-order chi connectivity index (χ0) is 46.4. The minimum atomic E-state index is -5.14. The number of hydrogen-bond donors (Lipinski definition) is 6. The Hall–Kier alpha value is -2.71. The van der Waals surface area contributed by atoms with Crippen LogP contribution >= 0.6 is 7.82 Å². The first-order chi connectivity index (χ1) is 30.4. The van der Waals surface area contributed by atoms with Crippen LogP contribution in [0, 0.1) is 0 Å². The van der Waals surface area contributed by atoms with Crippen molar-refractivity contribution >= 4 is 19.8 Å². The van der Waals surface area contributed by atoms with E-state index in [4.69, 9.17) is 18.5 Å². The van der Waals surface area contributed by atoms with Crippen LogP contribution in [-0.2, 0) is 32.7 Å². The number of phosphoric acid groups is 1. The lowest BCUT2D eigenvalue weighted by Crippen LogP contribution is -2.64. The molecule has 0 aromatic carbocycles. The molecule has 6 unspecified atom stereocenters. The lowest BCUT2D eigenvalue weighted by Gasteiger charge is -2.41. The number of esters is 2. The summed E-state index contributed by atoms with van der Waals surface area (Å²) in [7, 11) is -5.14. The molecule has 8 atom stereocenters. The third kappa shape index (κ3) is 31.0. The van der Waals surface area contributed by atoms with Gasteiger partial charge in [-0.3, -0.25) is 18.6 Å². The summed E-state index contributed by atoms with van der Waals surface area (Å²) in [6, 6.07) is 0. The number of carbonyl (C=O) groups excluding carboxylic acids is 2. The van der Waals surface area contributed by atoms with E-state index in [2.05, 4.69) is 74.6 Å². The summed E-state index contributed by atoms with van der Waals surface area (Å²) in [4.78, 5) is 35.7. The third-order valence-corrected chi connectivity index (χ3v) is 11.5. The van der Waals surface area contributed by atoms with Crippen molar-refractivity contribution < 1.29 is 63.1 Å². The number of hydrogen-bond acceptors (Lipinski definition) is 12. The van der Waals surface area contributed by atoms with Gasteiger partial charge in [-0.2, -0.15) is 0 Å². The van der Waals surface area contributed by atoms with Crippen molar-refractivity contribution in [2.75, 3.05) is 13.2 Å². The molecule has 0 spiro atoms. The van der Waals surface area contributed by atoms with Gasteiger partial charge in [-0.25, -0.2) is 4.57 Å². The van der Waals surface area contributed by atoms with Crippen molar-refractivity contribution in [2.45, 2.75) is 211 Å². The van der Waals surface area contributed by atoms with Gasteiger partial charge in [0.1, 0.15) is 43.2 Å². The fourth-order valence-electron chi connectivity index (χ4n) is 6.66. The number of phosphoric ester groups is 1. The first-order valence-corrected chi connectivity index (χ1v) is 25.2. The topological polar surface area (TPSA) is 210 Å². The van der Waals surface area contributed by atoms with Crippen LogP contribution in [0.15, 0.2) is 72.9 Å². The van der Waals surface area contributed by atoms with Crippen LogP contribution in [0.5, 0.6) is 0 Å². The van der Waals surface area contributed by atoms with Gasteiger partial charge in [-0.15, -0.1) is 0 Å². The second-order valence-electron chi connectivity index (χ2n) is 16.3. The molecule has 1 aliphatic rings. The fourth-order valence-corrected chi connectivity index (χ4v) is 7.63. The van der Waals surface area contributed by atoms with Crippen LogP contribution in [-0.4, -0.2) is 98.3 Å². The van der Waals surface area contributed by atoms with Gasteiger partial charge < -0.3 is 39.9 Å². The maximum Gasteiger partial charge on any atom is 0.472 e. The normalized spacial score (nSPS) is 22.3. The second-order valence-corrected chi connectivity index (χ2v) is 17.7. The average Bonchev–Trinajstić information content (AvgIpc) is 3.26. The fraction of sp³-hybridized carbons (Fsp3) is 0.714. The van der Waals surface area contributed by atoms with Gasteiger partial charge in [0.15, 0.2) is 6.10 Å². The quantitative estimate of drug-likeness (QED) is 0.0148. The Bertz CT molecular complexity index is 1380. The molecule has 1 saturated carbocycles. The van der Waals surface area contributed by atoms with E-state index in [0.717, 1.165) is 64.2 Å². The number of aliphatic hydroxyl groups excluding tert-OH is 5. The van der Waals surface area contributed by atoms with E-state index in [0.29, 0.717) is 19.3 Å². The zero-order valence-corrected chi connectivity index (χ0v) is 39.2. The highest BCUT2D eigenvalue weighted by Gasteiger charge is 2.51. The molecule has 0 radical (unpaired) electrons. The minimum Gasteiger partial charge on any atom is -0.462 e. The van der Waals surface area contributed by atoms with Gasteiger partial charge in [-0.1, -0.05) is 145 Å². The molecule has 13 nitrogen and oxygen atoms in total. The third-order valence-electron chi connectivity index (χ3n) is 10.5. The summed E-state index contributed by atoms with van der Waals surface area (Å²) >= 11 is 0. The number of aliphatic hydroxyl groups is 5. The van der Waals surface area contributed by atoms with Crippen LogP contribution in [0.2, 0.25) is 0 Å². The van der Waals surface area contributed by atoms with Gasteiger partial charge in [-0.05, 0) is 83.5 Å². The molecule has 362 valence electrons. The number of rotatable bonds is 38. The van der Waals surface area contributed by atoms with E-state index < -0.39 is 75.7 Å². The van der Waals surface area contributed by atoms with Crippen LogP contribution in [0.1, 0.15) is 168 Å². The summed E-state index contributed by atoms with van der Waals surface area (Å²) in [6.07, 6.45) is 35.3. The van der Waals surface area contributed by atoms with Crippen LogP contribution in [0.3, 0.4) is 0 Å². The standard InChI is InChI=1S/C49H83O13P/c1-3-5-7-9-11-13-15-17-19-21-23-25-27-29-31-33-35-37-42(50)59-39-41(40-60-63(57,58)62-49-47(55)45(53)44(52)46(54)48(49)56)61-43(51)38-36-34-32-30-28-26-24-22-20-18-16-14-12-10-8-6-4-2/h11,13,17-20,23-26,30,32,41,44-49,52-56H,3-10,12,14-16,21-22,27-29,31,33-40H2,1-2H3,(H,57,58)/b13-11+,19-17+,20-18+,25-23+,26-24+,32-30+/t41-,44?,45-,46?,47?,48?,49?/m0/s1. The Morgan fingerprint density at radius 3 is 1.38 bits per heavy atom. The highest BCUT2D eigenvalue weighted by atomic mass is 31.2. The molecule has 0 heterocycles. The van der Waals surface area contributed by atoms with Crippen molar-refractivity contribution in [1.82, 2.24) is 0 Å². The molecule has 1 fully saturated rings. The van der Waals surface area contributed by atoms with E-state index in [1.165, 1.54) is 57.8 Å². The van der Waals surface area contributed by atoms with Crippen LogP contribution in [0.25, 0.3) is 0 Å². The largest absolute Gasteiger partial charge is 0.472 e. The zero-order valence-electron chi connectivity index (χ0n) is 38.3. The molecular weight excluding hydrogens is 827 g/mol. The maximum atomic E-state index is 12.8. The lowest BCUT2D eigenvalue weighted by molar-refractivity contribution is -0.220. The summed E-state index contributed by atoms with van der Waals surface area (Å²) in [6.45, 7) is 3.20. The number of unbranched alkanes of at least 4 members (excludes halogenated alkanes) is 14. The first kappa shape index (κ1) is 58.3. The van der Waals surface area contributed by atoms with Crippen molar-refractivity contribution in [1.29, 1.82) is 0 Å². The summed E-state index contributed by atoms with van der Waals surface area (Å²) in [5.41, 5.74) is 0. The van der Waals surface area contributed by atoms with Crippen molar-refractivity contribution in [3.63, 3.8) is 0 Å². The van der Waals surface area contributed by atoms with Crippen molar-refractivity contribution in [3.05, 3.63) is 72.9 Å². The molecule has 0 saturated heterocycles. The van der Waals surface area contributed by atoms with Crippen LogP contribution < -0.4 is 0 Å². The number of ether oxygens (including phenoxy) is 2. The van der Waals surface area contributed by atoms with Gasteiger partial charge >= 0.3 is 19.8 Å². The molecule has 0 bridgehead atoms. The summed E-state index contributed by atoms with van der Waals surface area (Å²) in [5.74, 6) is -1.19. The molecule has 0 amide bonds. The molecule has 1 aliphatic carbocycles. The molecule has 0 aromatic heterocycles. The molecule has 63 heavy (non-hydrogen) atoms. The lowest BCUT2D eigenvalue weighted by atomic mass is 9.85. The number of carbonyl (C=O) groups is 2. The highest BCUT2D eigenvalue weighted by Crippen LogP contribution is 2.47. The predicted molar refractivity (Wildman–Crippen MR) is 249 cm³/mol. The Morgan fingerprint density at radius 2 is 0.873 bits per heavy atom. The molecular formula is C49H83O13P. The molecule has 0 aromatic rings. The Labute approximate surface area is 378 Å². The molecule has 0 aliphatic heterocycles. The molecule has 1 rings (SSSR count). The average molecular weight is 911 g/mol. The smallest absolute Gasteiger partial charge is 0.462 e. The van der Waals surface area contributed by atoms with Gasteiger partial charge in [0, 0.05) is 12.8 Å². The van der Waals surface area contributed by atoms with Gasteiger partial charge in [0.25, 0.3) is 0 Å². The molecule has 6 N–H and O–H groups in total. The minimum absolute atomic E-state index is 0.0165. The van der Waals surface area contributed by atoms with Gasteiger partial charge in [0.05, 0.1) is 6.61 Å². The first-order valence-electron chi connectivity index (χ1n) is 23.7.